The van der Waals surface area contributed by atoms with E-state index in [1.165, 1.54) is 11.8 Å². The van der Waals surface area contributed by atoms with Gasteiger partial charge in [-0.1, -0.05) is 0 Å². The SMILES string of the molecule is CSCS(=O)O. The molecular weight excluding hydrogens is 120 g/mol. The average Bonchev–Trinajstić information content (AvgIpc) is 1.35. The van der Waals surface area contributed by atoms with Crippen LogP contribution >= 0.6 is 11.8 Å². The Hall–Kier alpha value is 0.460. The van der Waals surface area contributed by atoms with Crippen molar-refractivity contribution in [2.45, 2.75) is 0 Å². The van der Waals surface area contributed by atoms with Crippen molar-refractivity contribution in [1.82, 2.24) is 0 Å². The smallest absolute Gasteiger partial charge is 0.163 e. The fourth-order valence-corrected chi connectivity index (χ4v) is 0.907. The third-order valence-electron chi connectivity index (χ3n) is 0.219. The molecule has 0 aliphatic rings. The van der Waals surface area contributed by atoms with Gasteiger partial charge in [-0.2, -0.15) is 0 Å². The lowest BCUT2D eigenvalue weighted by atomic mass is 11.9. The van der Waals surface area contributed by atoms with Gasteiger partial charge < -0.3 is 4.55 Å². The Morgan fingerprint density at radius 2 is 2.50 bits per heavy atom. The van der Waals surface area contributed by atoms with Gasteiger partial charge in [0.1, 0.15) is 0 Å². The normalized spacial score (nSPS) is 14.3. The van der Waals surface area contributed by atoms with Crippen molar-refractivity contribution >= 4 is 22.8 Å². The summed E-state index contributed by atoms with van der Waals surface area (Å²) < 4.78 is 17.7. The molecule has 0 aliphatic heterocycles. The molecule has 0 amide bonds. The minimum absolute atomic E-state index is 0.319. The summed E-state index contributed by atoms with van der Waals surface area (Å²) in [4.78, 5) is 0. The van der Waals surface area contributed by atoms with Crippen LogP contribution in [0.2, 0.25) is 0 Å². The molecule has 38 valence electrons. The fourth-order valence-electron chi connectivity index (χ4n) is 0.101. The first-order valence-corrected chi connectivity index (χ1v) is 4.00. The Morgan fingerprint density at radius 3 is 2.50 bits per heavy atom. The van der Waals surface area contributed by atoms with Gasteiger partial charge in [-0.15, -0.1) is 11.8 Å². The largest absolute Gasteiger partial charge is 0.305 e. The summed E-state index contributed by atoms with van der Waals surface area (Å²) in [7, 11) is 0. The second-order valence-electron chi connectivity index (χ2n) is 0.728. The molecule has 4 heteroatoms. The van der Waals surface area contributed by atoms with Crippen LogP contribution in [0.4, 0.5) is 0 Å². The number of thioether (sulfide) groups is 1. The maximum absolute atomic E-state index is 9.69. The Morgan fingerprint density at radius 1 is 2.00 bits per heavy atom. The fraction of sp³-hybridized carbons (Fsp3) is 1.00. The van der Waals surface area contributed by atoms with Crippen molar-refractivity contribution in [2.75, 3.05) is 11.3 Å². The molecule has 0 rings (SSSR count). The summed E-state index contributed by atoms with van der Waals surface area (Å²) >= 11 is -0.243. The van der Waals surface area contributed by atoms with Crippen molar-refractivity contribution in [3.63, 3.8) is 0 Å². The second-order valence-corrected chi connectivity index (χ2v) is 2.89. The van der Waals surface area contributed by atoms with Crippen molar-refractivity contribution < 1.29 is 8.76 Å². The zero-order valence-electron chi connectivity index (χ0n) is 3.38. The first-order valence-electron chi connectivity index (χ1n) is 1.33. The third-order valence-corrected chi connectivity index (χ3v) is 1.97. The van der Waals surface area contributed by atoms with Gasteiger partial charge in [0.2, 0.25) is 0 Å². The molecule has 0 heterocycles. The van der Waals surface area contributed by atoms with E-state index in [-0.39, 0.29) is 0 Å². The predicted octanol–water partition coefficient (Wildman–Crippen LogP) is 0.529. The van der Waals surface area contributed by atoms with Crippen LogP contribution in [0, 0.1) is 0 Å². The van der Waals surface area contributed by atoms with Crippen LogP contribution < -0.4 is 0 Å². The first-order chi connectivity index (χ1) is 2.77. The molecule has 0 aromatic carbocycles. The summed E-state index contributed by atoms with van der Waals surface area (Å²) in [5.74, 6) is 0. The van der Waals surface area contributed by atoms with Crippen LogP contribution in [0.1, 0.15) is 0 Å². The van der Waals surface area contributed by atoms with Crippen LogP contribution in [0.3, 0.4) is 0 Å². The predicted molar refractivity (Wildman–Crippen MR) is 29.2 cm³/mol. The van der Waals surface area contributed by atoms with E-state index in [4.69, 9.17) is 4.55 Å². The average molecular weight is 126 g/mol. The maximum Gasteiger partial charge on any atom is 0.163 e. The molecule has 0 aliphatic carbocycles. The third kappa shape index (κ3) is 4.46. The zero-order valence-corrected chi connectivity index (χ0v) is 5.01. The van der Waals surface area contributed by atoms with Crippen molar-refractivity contribution in [3.8, 4) is 0 Å². The Bertz CT molecular complexity index is 53.5. The van der Waals surface area contributed by atoms with Gasteiger partial charge in [0.25, 0.3) is 0 Å². The monoisotopic (exact) mass is 126 g/mol. The molecule has 1 atom stereocenters. The van der Waals surface area contributed by atoms with Crippen molar-refractivity contribution in [1.29, 1.82) is 0 Å². The molecule has 2 nitrogen and oxygen atoms in total. The topological polar surface area (TPSA) is 37.3 Å². The van der Waals surface area contributed by atoms with Crippen molar-refractivity contribution in [2.24, 2.45) is 0 Å². The Balaban J connectivity index is 2.83. The van der Waals surface area contributed by atoms with Crippen LogP contribution in [0.15, 0.2) is 0 Å². The summed E-state index contributed by atoms with van der Waals surface area (Å²) in [6, 6.07) is 0. The summed E-state index contributed by atoms with van der Waals surface area (Å²) in [5.41, 5.74) is 0. The van der Waals surface area contributed by atoms with E-state index in [1.807, 2.05) is 0 Å². The van der Waals surface area contributed by atoms with E-state index >= 15 is 0 Å². The van der Waals surface area contributed by atoms with E-state index in [2.05, 4.69) is 0 Å². The van der Waals surface area contributed by atoms with Crippen LogP contribution in [0.5, 0.6) is 0 Å². The molecule has 6 heavy (non-hydrogen) atoms. The minimum Gasteiger partial charge on any atom is -0.305 e. The van der Waals surface area contributed by atoms with Crippen LogP contribution in [-0.4, -0.2) is 20.1 Å². The van der Waals surface area contributed by atoms with E-state index in [1.54, 1.807) is 6.26 Å². The molecule has 0 aromatic rings. The van der Waals surface area contributed by atoms with Gasteiger partial charge in [-0.05, 0) is 6.26 Å². The molecule has 0 saturated carbocycles. The van der Waals surface area contributed by atoms with E-state index in [9.17, 15) is 4.21 Å². The molecule has 0 aromatic heterocycles. The van der Waals surface area contributed by atoms with Gasteiger partial charge in [-0.3, -0.25) is 0 Å². The van der Waals surface area contributed by atoms with Gasteiger partial charge >= 0.3 is 0 Å². The number of hydrogen-bond donors (Lipinski definition) is 1. The van der Waals surface area contributed by atoms with Gasteiger partial charge in [0.15, 0.2) is 11.1 Å². The molecular formula is C2H6O2S2. The van der Waals surface area contributed by atoms with E-state index < -0.39 is 11.1 Å². The summed E-state index contributed by atoms with van der Waals surface area (Å²) in [6.07, 6.45) is 1.79. The molecule has 1 unspecified atom stereocenters. The van der Waals surface area contributed by atoms with Crippen LogP contribution in [0.25, 0.3) is 0 Å². The highest BCUT2D eigenvalue weighted by atomic mass is 32.2. The number of hydrogen-bond acceptors (Lipinski definition) is 2. The van der Waals surface area contributed by atoms with Crippen LogP contribution in [-0.2, 0) is 11.1 Å². The highest BCUT2D eigenvalue weighted by Crippen LogP contribution is 1.90. The number of rotatable bonds is 2. The standard InChI is InChI=1S/C2H6O2S2/c1-5-2-6(3)4/h2H2,1H3,(H,3,4). The Kier molecular flexibility index (Phi) is 3.92. The zero-order chi connectivity index (χ0) is 4.99. The first kappa shape index (κ1) is 6.46. The van der Waals surface area contributed by atoms with Gasteiger partial charge in [-0.25, -0.2) is 4.21 Å². The second kappa shape index (κ2) is 3.64. The van der Waals surface area contributed by atoms with E-state index in [0.29, 0.717) is 5.08 Å². The van der Waals surface area contributed by atoms with E-state index in [0.717, 1.165) is 0 Å². The Labute approximate surface area is 43.6 Å². The summed E-state index contributed by atoms with van der Waals surface area (Å²) in [5, 5.41) is 0.319. The van der Waals surface area contributed by atoms with Crippen molar-refractivity contribution in [3.05, 3.63) is 0 Å². The van der Waals surface area contributed by atoms with Gasteiger partial charge in [0, 0.05) is 0 Å². The van der Waals surface area contributed by atoms with Gasteiger partial charge in [0.05, 0.1) is 5.08 Å². The minimum atomic E-state index is -1.60. The lowest BCUT2D eigenvalue weighted by Gasteiger charge is -1.81. The molecule has 0 fully saturated rings. The molecule has 0 radical (unpaired) electrons. The molecule has 1 N–H and O–H groups in total. The maximum atomic E-state index is 9.69. The lowest BCUT2D eigenvalue weighted by molar-refractivity contribution is 0.569. The molecule has 0 bridgehead atoms. The molecule has 0 saturated heterocycles. The highest BCUT2D eigenvalue weighted by molar-refractivity contribution is 8.08. The lowest BCUT2D eigenvalue weighted by Crippen LogP contribution is -1.86. The quantitative estimate of drug-likeness (QED) is 0.548. The summed E-state index contributed by atoms with van der Waals surface area (Å²) in [6.45, 7) is 0. The molecule has 0 spiro atoms. The highest BCUT2D eigenvalue weighted by Gasteiger charge is 1.83.